The average Bonchev–Trinajstić information content (AvgIpc) is 1.41. The Labute approximate surface area is 110 Å². The molecular formula is H2MoO13S3. The molecule has 0 atom stereocenters. The summed E-state index contributed by atoms with van der Waals surface area (Å²) in [5.74, 6) is 0. The van der Waals surface area contributed by atoms with Crippen LogP contribution in [0.15, 0.2) is 0 Å². The Morgan fingerprint density at radius 2 is 0.471 bits per heavy atom. The molecule has 0 aromatic carbocycles. The van der Waals surface area contributed by atoms with Crippen LogP contribution >= 0.6 is 0 Å². The molecule has 0 saturated heterocycles. The molecule has 0 heterocycles. The van der Waals surface area contributed by atoms with Crippen molar-refractivity contribution >= 4 is 31.2 Å². The molecule has 0 aliphatic heterocycles. The van der Waals surface area contributed by atoms with E-state index < -0.39 is 31.2 Å². The number of rotatable bonds is 0. The zero-order valence-electron chi connectivity index (χ0n) is 7.03. The van der Waals surface area contributed by atoms with Gasteiger partial charge in [0, 0.05) is 31.2 Å². The Balaban J connectivity index is -0.0000000400. The van der Waals surface area contributed by atoms with Crippen molar-refractivity contribution in [2.24, 2.45) is 0 Å². The van der Waals surface area contributed by atoms with Crippen LogP contribution in [-0.2, 0) is 52.3 Å². The van der Waals surface area contributed by atoms with Crippen LogP contribution in [0.2, 0.25) is 0 Å². The van der Waals surface area contributed by atoms with E-state index in [1.807, 2.05) is 0 Å². The van der Waals surface area contributed by atoms with Crippen molar-refractivity contribution in [3.63, 3.8) is 0 Å². The topological polar surface area (TPSA) is 272 Å². The van der Waals surface area contributed by atoms with E-state index in [9.17, 15) is 0 Å². The van der Waals surface area contributed by atoms with Crippen molar-refractivity contribution in [2.45, 2.75) is 0 Å². The molecule has 0 unspecified atom stereocenters. The summed E-state index contributed by atoms with van der Waals surface area (Å²) in [4.78, 5) is 0. The van der Waals surface area contributed by atoms with Gasteiger partial charge in [-0.1, -0.05) is 0 Å². The van der Waals surface area contributed by atoms with E-state index in [2.05, 4.69) is 0 Å². The molecule has 0 aromatic heterocycles. The average molecular weight is 402 g/mol. The van der Waals surface area contributed by atoms with Crippen molar-refractivity contribution in [2.75, 3.05) is 0 Å². The third-order valence-electron chi connectivity index (χ3n) is 0. The van der Waals surface area contributed by atoms with Gasteiger partial charge in [-0.2, -0.15) is 0 Å². The van der Waals surface area contributed by atoms with Crippen LogP contribution in [0.4, 0.5) is 0 Å². The van der Waals surface area contributed by atoms with E-state index >= 15 is 0 Å². The van der Waals surface area contributed by atoms with Crippen LogP contribution in [-0.4, -0.2) is 58.0 Å². The van der Waals surface area contributed by atoms with E-state index in [0.29, 0.717) is 0 Å². The Bertz CT molecular complexity index is 338. The molecule has 13 nitrogen and oxygen atoms in total. The Morgan fingerprint density at radius 3 is 0.471 bits per heavy atom. The summed E-state index contributed by atoms with van der Waals surface area (Å²) in [6.07, 6.45) is 0. The molecule has 0 fully saturated rings. The summed E-state index contributed by atoms with van der Waals surface area (Å²) >= 11 is 0. The molecular weight excluding hydrogens is 400 g/mol. The maximum absolute atomic E-state index is 8.52. The Hall–Kier alpha value is 0.258. The predicted molar refractivity (Wildman–Crippen MR) is 35.0 cm³/mol. The normalized spacial score (nSPS) is 10.2. The van der Waals surface area contributed by atoms with Gasteiger partial charge in [-0.05, 0) is 0 Å². The number of hydrogen-bond acceptors (Lipinski definition) is 12. The van der Waals surface area contributed by atoms with Gasteiger partial charge in [0.05, 0.1) is 0 Å². The molecule has 17 heteroatoms. The molecule has 0 spiro atoms. The van der Waals surface area contributed by atoms with E-state index in [-0.39, 0.29) is 26.5 Å². The van der Waals surface area contributed by atoms with Crippen LogP contribution in [0.1, 0.15) is 0 Å². The summed E-state index contributed by atoms with van der Waals surface area (Å²) in [6, 6.07) is 0. The second-order valence-corrected chi connectivity index (χ2v) is 3.67. The Morgan fingerprint density at radius 1 is 0.471 bits per heavy atom. The maximum atomic E-state index is 8.52. The quantitative estimate of drug-likeness (QED) is 0.209. The van der Waals surface area contributed by atoms with Gasteiger partial charge >= 0.3 is 21.1 Å². The molecule has 0 aromatic rings. The molecule has 0 saturated carbocycles. The van der Waals surface area contributed by atoms with Gasteiger partial charge in [-0.3, -0.25) is 25.3 Å². The molecule has 0 amide bonds. The van der Waals surface area contributed by atoms with E-state index in [1.165, 1.54) is 0 Å². The van der Waals surface area contributed by atoms with Crippen molar-refractivity contribution in [1.82, 2.24) is 0 Å². The summed E-state index contributed by atoms with van der Waals surface area (Å²) in [5.41, 5.74) is 0. The molecule has 17 heavy (non-hydrogen) atoms. The van der Waals surface area contributed by atoms with Gasteiger partial charge in [-0.25, -0.2) is 0 Å². The fraction of sp³-hybridized carbons (Fsp3) is 0. The molecule has 0 radical (unpaired) electrons. The second-order valence-electron chi connectivity index (χ2n) is 1.22. The molecule has 0 aliphatic rings. The SMILES string of the molecule is O.O=S(=O)([O-])[O-].O=S(=O)([O-])[O-].O=S(=O)([O-])[O-].[Mo+6]. The summed E-state index contributed by atoms with van der Waals surface area (Å²) in [5, 5.41) is 0. The first-order valence-corrected chi connectivity index (χ1v) is 6.00. The van der Waals surface area contributed by atoms with Crippen molar-refractivity contribution in [3.05, 3.63) is 0 Å². The molecule has 0 bridgehead atoms. The number of hydrogen-bond donors (Lipinski definition) is 0. The van der Waals surface area contributed by atoms with Gasteiger partial charge in [0.25, 0.3) is 0 Å². The zero-order valence-corrected chi connectivity index (χ0v) is 11.5. The van der Waals surface area contributed by atoms with E-state index in [4.69, 9.17) is 52.6 Å². The van der Waals surface area contributed by atoms with E-state index in [1.54, 1.807) is 0 Å². The van der Waals surface area contributed by atoms with Gasteiger partial charge in [-0.15, -0.1) is 0 Å². The third kappa shape index (κ3) is 49500. The standard InChI is InChI=1S/Mo.3H2O4S.H2O/c;3*1-5(2,3)4;/h;3*(H2,1,2,3,4);1H2/q+6;;;;/p-6. The smallest absolute Gasteiger partial charge is 0.759 e. The van der Waals surface area contributed by atoms with Crippen molar-refractivity contribution in [1.29, 1.82) is 0 Å². The van der Waals surface area contributed by atoms with Crippen LogP contribution in [0.3, 0.4) is 0 Å². The summed E-state index contributed by atoms with van der Waals surface area (Å²) in [7, 11) is -15.5. The van der Waals surface area contributed by atoms with Gasteiger partial charge in [0.15, 0.2) is 0 Å². The second kappa shape index (κ2) is 11.4. The monoisotopic (exact) mass is 404 g/mol. The fourth-order valence-electron chi connectivity index (χ4n) is 0. The molecule has 2 N–H and O–H groups in total. The van der Waals surface area contributed by atoms with Crippen LogP contribution in [0.25, 0.3) is 0 Å². The molecule has 0 aliphatic carbocycles. The first-order valence-electron chi connectivity index (χ1n) is 2.00. The molecule has 104 valence electrons. The van der Waals surface area contributed by atoms with Crippen LogP contribution < -0.4 is 0 Å². The van der Waals surface area contributed by atoms with Gasteiger partial charge < -0.3 is 32.8 Å². The Kier molecular flexibility index (Phi) is 20.3. The first kappa shape index (κ1) is 30.4. The van der Waals surface area contributed by atoms with Crippen LogP contribution in [0, 0.1) is 0 Å². The summed E-state index contributed by atoms with van der Waals surface area (Å²) in [6.45, 7) is 0. The summed E-state index contributed by atoms with van der Waals surface area (Å²) < 4.78 is 102. The molecule has 0 rings (SSSR count). The zero-order chi connectivity index (χ0) is 13.5. The van der Waals surface area contributed by atoms with Crippen molar-refractivity contribution < 1.29 is 79.1 Å². The third-order valence-corrected chi connectivity index (χ3v) is 0. The predicted octanol–water partition coefficient (Wildman–Crippen LogP) is -4.84. The first-order chi connectivity index (χ1) is 6.00. The maximum Gasteiger partial charge on any atom is 6.00 e. The minimum absolute atomic E-state index is 0. The fourth-order valence-corrected chi connectivity index (χ4v) is 0. The van der Waals surface area contributed by atoms with E-state index in [0.717, 1.165) is 0 Å². The van der Waals surface area contributed by atoms with Gasteiger partial charge in [0.2, 0.25) is 0 Å². The minimum atomic E-state index is -5.17. The minimum Gasteiger partial charge on any atom is -0.759 e. The van der Waals surface area contributed by atoms with Gasteiger partial charge in [0.1, 0.15) is 0 Å². The largest absolute Gasteiger partial charge is 6.00 e. The van der Waals surface area contributed by atoms with Crippen molar-refractivity contribution in [3.8, 4) is 0 Å². The van der Waals surface area contributed by atoms with Crippen LogP contribution in [0.5, 0.6) is 0 Å².